The molecule has 0 aliphatic rings. The summed E-state index contributed by atoms with van der Waals surface area (Å²) in [6.45, 7) is 0.758. The van der Waals surface area contributed by atoms with Crippen LogP contribution in [-0.2, 0) is 6.54 Å². The van der Waals surface area contributed by atoms with Gasteiger partial charge < -0.3 is 5.32 Å². The summed E-state index contributed by atoms with van der Waals surface area (Å²) in [6, 6.07) is 27.0. The predicted molar refractivity (Wildman–Crippen MR) is 120 cm³/mol. The van der Waals surface area contributed by atoms with Gasteiger partial charge in [0.15, 0.2) is 5.82 Å². The molecule has 5 heteroatoms. The summed E-state index contributed by atoms with van der Waals surface area (Å²) >= 11 is 3.46. The number of thiophene rings is 2. The van der Waals surface area contributed by atoms with Crippen LogP contribution in [0.5, 0.6) is 0 Å². The number of aromatic nitrogens is 2. The van der Waals surface area contributed by atoms with Gasteiger partial charge in [-0.3, -0.25) is 0 Å². The largest absolute Gasteiger partial charge is 0.365 e. The first-order valence-electron chi connectivity index (χ1n) is 9.05. The lowest BCUT2D eigenvalue weighted by Gasteiger charge is -2.08. The molecule has 28 heavy (non-hydrogen) atoms. The molecule has 0 unspecified atom stereocenters. The molecule has 0 spiro atoms. The van der Waals surface area contributed by atoms with Crippen LogP contribution >= 0.6 is 22.7 Å². The van der Waals surface area contributed by atoms with E-state index in [0.717, 1.165) is 34.0 Å². The molecule has 3 aromatic heterocycles. The topological polar surface area (TPSA) is 37.8 Å². The maximum atomic E-state index is 4.87. The molecule has 5 rings (SSSR count). The summed E-state index contributed by atoms with van der Waals surface area (Å²) in [6.07, 6.45) is 0. The Bertz CT molecular complexity index is 1200. The Balaban J connectivity index is 1.62. The molecule has 3 nitrogen and oxygen atoms in total. The van der Waals surface area contributed by atoms with Crippen molar-refractivity contribution in [2.75, 3.05) is 5.32 Å². The van der Waals surface area contributed by atoms with Crippen LogP contribution in [0.4, 0.5) is 5.82 Å². The molecule has 0 aliphatic heterocycles. The van der Waals surface area contributed by atoms with Crippen LogP contribution in [0.15, 0.2) is 84.2 Å². The van der Waals surface area contributed by atoms with Gasteiger partial charge in [0, 0.05) is 15.3 Å². The molecule has 0 bridgehead atoms. The van der Waals surface area contributed by atoms with E-state index in [-0.39, 0.29) is 0 Å². The van der Waals surface area contributed by atoms with Gasteiger partial charge in [0.2, 0.25) is 0 Å². The maximum absolute atomic E-state index is 4.87. The summed E-state index contributed by atoms with van der Waals surface area (Å²) in [5.41, 5.74) is 2.23. The number of anilines is 1. The van der Waals surface area contributed by atoms with E-state index < -0.39 is 0 Å². The van der Waals surface area contributed by atoms with Gasteiger partial charge in [0.05, 0.1) is 11.9 Å². The van der Waals surface area contributed by atoms with Gasteiger partial charge in [-0.1, -0.05) is 66.7 Å². The smallest absolute Gasteiger partial charge is 0.163 e. The van der Waals surface area contributed by atoms with Gasteiger partial charge >= 0.3 is 0 Å². The summed E-state index contributed by atoms with van der Waals surface area (Å²) in [7, 11) is 0. The van der Waals surface area contributed by atoms with Crippen LogP contribution in [0.3, 0.4) is 0 Å². The van der Waals surface area contributed by atoms with Crippen molar-refractivity contribution in [2.24, 2.45) is 0 Å². The molecule has 136 valence electrons. The Hall–Kier alpha value is -3.02. The van der Waals surface area contributed by atoms with E-state index in [4.69, 9.17) is 9.97 Å². The number of rotatable bonds is 5. The molecule has 5 aromatic rings. The molecule has 3 heterocycles. The molecule has 0 atom stereocenters. The van der Waals surface area contributed by atoms with Crippen molar-refractivity contribution in [3.05, 3.63) is 89.1 Å². The lowest BCUT2D eigenvalue weighted by molar-refractivity contribution is 1.13. The highest BCUT2D eigenvalue weighted by molar-refractivity contribution is 7.22. The minimum atomic E-state index is 0.753. The molecule has 2 aromatic carbocycles. The Morgan fingerprint density at radius 1 is 0.786 bits per heavy atom. The van der Waals surface area contributed by atoms with Gasteiger partial charge in [-0.05, 0) is 23.1 Å². The fourth-order valence-corrected chi connectivity index (χ4v) is 4.78. The SMILES string of the molecule is c1ccc(-c2nc(NCc3cccs3)c3cc(-c4ccccc4)sc3n2)cc1. The molecule has 0 fully saturated rings. The average molecular weight is 400 g/mol. The maximum Gasteiger partial charge on any atom is 0.163 e. The fourth-order valence-electron chi connectivity index (χ4n) is 3.10. The van der Waals surface area contributed by atoms with Crippen molar-refractivity contribution in [1.29, 1.82) is 0 Å². The second-order valence-corrected chi connectivity index (χ2v) is 8.45. The Morgan fingerprint density at radius 2 is 1.54 bits per heavy atom. The van der Waals surface area contributed by atoms with Crippen LogP contribution in [0.1, 0.15) is 4.88 Å². The molecule has 0 radical (unpaired) electrons. The summed E-state index contributed by atoms with van der Waals surface area (Å²) in [5, 5.41) is 6.70. The zero-order valence-electron chi connectivity index (χ0n) is 15.0. The lowest BCUT2D eigenvalue weighted by atomic mass is 10.2. The second kappa shape index (κ2) is 7.54. The van der Waals surface area contributed by atoms with Crippen molar-refractivity contribution >= 4 is 38.7 Å². The van der Waals surface area contributed by atoms with Crippen molar-refractivity contribution in [2.45, 2.75) is 6.54 Å². The Kier molecular flexibility index (Phi) is 4.61. The van der Waals surface area contributed by atoms with Crippen LogP contribution in [0.25, 0.3) is 32.0 Å². The monoisotopic (exact) mass is 399 g/mol. The van der Waals surface area contributed by atoms with E-state index in [2.05, 4.69) is 65.3 Å². The first-order valence-corrected chi connectivity index (χ1v) is 10.7. The molecule has 0 saturated carbocycles. The zero-order valence-corrected chi connectivity index (χ0v) is 16.6. The molecule has 1 N–H and O–H groups in total. The van der Waals surface area contributed by atoms with E-state index in [1.807, 2.05) is 24.3 Å². The Labute approximate surface area is 171 Å². The quantitative estimate of drug-likeness (QED) is 0.357. The normalized spacial score (nSPS) is 11.0. The molecule has 0 amide bonds. The van der Waals surface area contributed by atoms with Crippen molar-refractivity contribution in [3.8, 4) is 21.8 Å². The van der Waals surface area contributed by atoms with Crippen molar-refractivity contribution in [3.63, 3.8) is 0 Å². The van der Waals surface area contributed by atoms with Gasteiger partial charge in [0.1, 0.15) is 10.6 Å². The number of nitrogens with zero attached hydrogens (tertiary/aromatic N) is 2. The van der Waals surface area contributed by atoms with E-state index in [1.165, 1.54) is 15.3 Å². The van der Waals surface area contributed by atoms with Crippen molar-refractivity contribution in [1.82, 2.24) is 9.97 Å². The molecular weight excluding hydrogens is 382 g/mol. The minimum absolute atomic E-state index is 0.753. The van der Waals surface area contributed by atoms with Gasteiger partial charge in [-0.15, -0.1) is 22.7 Å². The first-order chi connectivity index (χ1) is 13.9. The fraction of sp³-hybridized carbons (Fsp3) is 0.0435. The van der Waals surface area contributed by atoms with Crippen molar-refractivity contribution < 1.29 is 0 Å². The van der Waals surface area contributed by atoms with E-state index >= 15 is 0 Å². The number of hydrogen-bond donors (Lipinski definition) is 1. The van der Waals surface area contributed by atoms with Crippen LogP contribution in [0.2, 0.25) is 0 Å². The molecule has 0 saturated heterocycles. The van der Waals surface area contributed by atoms with E-state index in [1.54, 1.807) is 22.7 Å². The van der Waals surface area contributed by atoms with Crippen LogP contribution < -0.4 is 5.32 Å². The van der Waals surface area contributed by atoms with Crippen LogP contribution in [-0.4, -0.2) is 9.97 Å². The highest BCUT2D eigenvalue weighted by atomic mass is 32.1. The van der Waals surface area contributed by atoms with Gasteiger partial charge in [-0.25, -0.2) is 9.97 Å². The summed E-state index contributed by atoms with van der Waals surface area (Å²) in [5.74, 6) is 1.64. The predicted octanol–water partition coefficient (Wildman–Crippen LogP) is 6.70. The third-order valence-corrected chi connectivity index (χ3v) is 6.45. The van der Waals surface area contributed by atoms with E-state index in [9.17, 15) is 0 Å². The highest BCUT2D eigenvalue weighted by Gasteiger charge is 2.14. The second-order valence-electron chi connectivity index (χ2n) is 6.39. The van der Waals surface area contributed by atoms with Crippen LogP contribution in [0, 0.1) is 0 Å². The number of fused-ring (bicyclic) bond motifs is 1. The summed E-state index contributed by atoms with van der Waals surface area (Å²) < 4.78 is 0. The molecular formula is C23H17N3S2. The van der Waals surface area contributed by atoms with Gasteiger partial charge in [-0.2, -0.15) is 0 Å². The Morgan fingerprint density at radius 3 is 2.25 bits per heavy atom. The highest BCUT2D eigenvalue weighted by Crippen LogP contribution is 2.36. The zero-order chi connectivity index (χ0) is 18.8. The van der Waals surface area contributed by atoms with Gasteiger partial charge in [0.25, 0.3) is 0 Å². The third kappa shape index (κ3) is 3.42. The minimum Gasteiger partial charge on any atom is -0.365 e. The molecule has 0 aliphatic carbocycles. The first kappa shape index (κ1) is 17.1. The number of benzene rings is 2. The lowest BCUT2D eigenvalue weighted by Crippen LogP contribution is -2.02. The standard InChI is InChI=1S/C23H17N3S2/c1-3-8-16(9-4-1)20-14-19-22(24-15-18-12-7-13-27-18)25-21(26-23(19)28-20)17-10-5-2-6-11-17/h1-14H,15H2,(H,24,25,26). The third-order valence-electron chi connectivity index (χ3n) is 4.49. The summed E-state index contributed by atoms with van der Waals surface area (Å²) in [4.78, 5) is 13.2. The number of nitrogens with one attached hydrogen (secondary N) is 1. The number of hydrogen-bond acceptors (Lipinski definition) is 5. The van der Waals surface area contributed by atoms with E-state index in [0.29, 0.717) is 0 Å². The average Bonchev–Trinajstić information content (AvgIpc) is 3.43.